The number of benzene rings is 2. The third-order valence-corrected chi connectivity index (χ3v) is 12.0. The molecule has 8 rings (SSSR count). The lowest BCUT2D eigenvalue weighted by Crippen LogP contribution is -2.65. The maximum absolute atomic E-state index is 17.6. The Balaban J connectivity index is 1.29. The number of nitrogens with zero attached hydrogens (tertiary/aromatic N) is 6. The second kappa shape index (κ2) is 15.7. The highest BCUT2D eigenvalue weighted by atomic mass is 35.5. The SMILES string of the molecule is COc1ccc(CN(Cc2ccc(OC)cc2)c2cc(-c3nc4c5c(nc(C)c(C)c5c3F)N3C[C@H]5CC[C@@H]([C@H]3[C@H](C)O4)N5C(=O)OC(C)(C)C)c(C(F)(F)F)c(Cl)n2)cc1. The van der Waals surface area contributed by atoms with Gasteiger partial charge in [0.05, 0.1) is 37.7 Å². The first-order valence-corrected chi connectivity index (χ1v) is 20.5. The summed E-state index contributed by atoms with van der Waals surface area (Å²) in [6, 6.07) is 14.7. The zero-order chi connectivity index (χ0) is 43.7. The Hall–Kier alpha value is -5.57. The molecule has 2 fully saturated rings. The Labute approximate surface area is 356 Å². The topological polar surface area (TPSA) is 102 Å². The Morgan fingerprint density at radius 1 is 0.918 bits per heavy atom. The van der Waals surface area contributed by atoms with Crippen LogP contribution in [-0.4, -0.2) is 76.5 Å². The number of alkyl halides is 3. The second-order valence-corrected chi connectivity index (χ2v) is 17.2. The van der Waals surface area contributed by atoms with Crippen molar-refractivity contribution in [1.82, 2.24) is 19.9 Å². The number of methoxy groups -OCH3 is 2. The van der Waals surface area contributed by atoms with E-state index in [0.29, 0.717) is 41.5 Å². The Bertz CT molecular complexity index is 2450. The highest BCUT2D eigenvalue weighted by Gasteiger charge is 2.54. The van der Waals surface area contributed by atoms with Crippen molar-refractivity contribution >= 4 is 40.1 Å². The molecule has 322 valence electrons. The van der Waals surface area contributed by atoms with Crippen molar-refractivity contribution in [2.45, 2.75) is 103 Å². The largest absolute Gasteiger partial charge is 0.497 e. The minimum atomic E-state index is -5.06. The third-order valence-electron chi connectivity index (χ3n) is 11.8. The van der Waals surface area contributed by atoms with E-state index in [1.165, 1.54) is 6.07 Å². The standard InChI is InChI=1S/C45H47ClF4N6O5/c1-23-24(2)51-41-35-34(23)37(47)38(53-42(35)60-25(3)39-32-18-13-28(22-55(39)41)56(32)43(57)61-44(4,5)6)31-19-33(52-40(46)36(31)45(48,49)50)54(20-26-9-14-29(58-7)15-10-26)21-27-11-16-30(59-8)17-12-27/h9-12,14-17,19,25,28,32,39H,13,18,20-22H2,1-8H3/t25-,28+,32-,39+/m0/s1. The number of carbonyl (C=O) groups excluding carboxylic acids is 1. The quantitative estimate of drug-likeness (QED) is 0.111. The summed E-state index contributed by atoms with van der Waals surface area (Å²) in [6.45, 7) is 11.4. The smallest absolute Gasteiger partial charge is 0.420 e. The summed E-state index contributed by atoms with van der Waals surface area (Å²) in [5.41, 5.74) is -0.758. The number of carbonyl (C=O) groups is 1. The molecule has 1 amide bonds. The van der Waals surface area contributed by atoms with Gasteiger partial charge in [-0.25, -0.2) is 24.1 Å². The molecule has 11 nitrogen and oxygen atoms in total. The van der Waals surface area contributed by atoms with Gasteiger partial charge in [0.25, 0.3) is 0 Å². The van der Waals surface area contributed by atoms with E-state index < -0.39 is 57.8 Å². The van der Waals surface area contributed by atoms with Gasteiger partial charge < -0.3 is 28.7 Å². The predicted molar refractivity (Wildman–Crippen MR) is 224 cm³/mol. The van der Waals surface area contributed by atoms with Crippen LogP contribution >= 0.6 is 11.6 Å². The van der Waals surface area contributed by atoms with E-state index >= 15 is 17.6 Å². The van der Waals surface area contributed by atoms with Gasteiger partial charge in [0.2, 0.25) is 5.88 Å². The fourth-order valence-electron chi connectivity index (χ4n) is 8.91. The van der Waals surface area contributed by atoms with Crippen LogP contribution in [0.5, 0.6) is 17.4 Å². The number of hydrogen-bond acceptors (Lipinski definition) is 10. The molecule has 61 heavy (non-hydrogen) atoms. The molecule has 16 heteroatoms. The molecule has 6 heterocycles. The molecule has 2 bridgehead atoms. The molecule has 2 saturated heterocycles. The fraction of sp³-hybridized carbons (Fsp3) is 0.422. The van der Waals surface area contributed by atoms with Crippen LogP contribution in [0.3, 0.4) is 0 Å². The molecule has 5 aromatic rings. The second-order valence-electron chi connectivity index (χ2n) is 16.9. The number of ether oxygens (including phenoxy) is 4. The number of amides is 1. The number of hydrogen-bond donors (Lipinski definition) is 0. The van der Waals surface area contributed by atoms with E-state index in [4.69, 9.17) is 35.5 Å². The summed E-state index contributed by atoms with van der Waals surface area (Å²) >= 11 is 6.55. The number of fused-ring (bicyclic) bond motifs is 5. The van der Waals surface area contributed by atoms with E-state index in [0.717, 1.165) is 17.5 Å². The molecule has 0 unspecified atom stereocenters. The van der Waals surface area contributed by atoms with Crippen LogP contribution in [0.15, 0.2) is 54.6 Å². The first kappa shape index (κ1) is 42.1. The fourth-order valence-corrected chi connectivity index (χ4v) is 9.21. The van der Waals surface area contributed by atoms with Gasteiger partial charge in [-0.2, -0.15) is 13.2 Å². The summed E-state index contributed by atoms with van der Waals surface area (Å²) in [4.78, 5) is 33.1. The molecular formula is C45H47ClF4N6O5. The first-order chi connectivity index (χ1) is 28.9. The molecule has 2 aromatic carbocycles. The monoisotopic (exact) mass is 862 g/mol. The van der Waals surface area contributed by atoms with Crippen LogP contribution in [0, 0.1) is 19.7 Å². The van der Waals surface area contributed by atoms with Crippen molar-refractivity contribution in [3.05, 3.63) is 93.5 Å². The van der Waals surface area contributed by atoms with Gasteiger partial charge in [0, 0.05) is 36.3 Å². The number of piperazine rings is 1. The van der Waals surface area contributed by atoms with Crippen LogP contribution < -0.4 is 24.0 Å². The number of aromatic nitrogens is 3. The van der Waals surface area contributed by atoms with E-state index in [1.807, 2.05) is 52.0 Å². The lowest BCUT2D eigenvalue weighted by molar-refractivity contribution is -0.137. The average Bonchev–Trinajstić information content (AvgIpc) is 3.45. The average molecular weight is 863 g/mol. The molecule has 3 aliphatic rings. The van der Waals surface area contributed by atoms with Gasteiger partial charge in [-0.1, -0.05) is 35.9 Å². The minimum absolute atomic E-state index is 0.0354. The zero-order valence-electron chi connectivity index (χ0n) is 35.2. The molecule has 0 N–H and O–H groups in total. The Morgan fingerprint density at radius 3 is 2.08 bits per heavy atom. The summed E-state index contributed by atoms with van der Waals surface area (Å²) < 4.78 is 86.4. The van der Waals surface area contributed by atoms with E-state index in [2.05, 4.69) is 14.9 Å². The van der Waals surface area contributed by atoms with Gasteiger partial charge in [0.1, 0.15) is 51.3 Å². The van der Waals surface area contributed by atoms with Crippen molar-refractivity contribution in [3.8, 4) is 28.6 Å². The Morgan fingerprint density at radius 2 is 1.52 bits per heavy atom. The van der Waals surface area contributed by atoms with Gasteiger partial charge in [-0.15, -0.1) is 0 Å². The number of aryl methyl sites for hydroxylation is 2. The van der Waals surface area contributed by atoms with E-state index in [9.17, 15) is 4.79 Å². The molecule has 0 radical (unpaired) electrons. The number of halogens is 5. The summed E-state index contributed by atoms with van der Waals surface area (Å²) in [5.74, 6) is 0.657. The lowest BCUT2D eigenvalue weighted by atomic mass is 9.97. The molecule has 0 saturated carbocycles. The van der Waals surface area contributed by atoms with Gasteiger partial charge >= 0.3 is 12.3 Å². The van der Waals surface area contributed by atoms with Crippen molar-refractivity contribution in [2.75, 3.05) is 30.6 Å². The molecule has 4 atom stereocenters. The third kappa shape index (κ3) is 7.81. The predicted octanol–water partition coefficient (Wildman–Crippen LogP) is 10.1. The first-order valence-electron chi connectivity index (χ1n) is 20.1. The Kier molecular flexibility index (Phi) is 10.9. The normalized spacial score (nSPS) is 19.6. The van der Waals surface area contributed by atoms with Crippen molar-refractivity contribution in [1.29, 1.82) is 0 Å². The summed E-state index contributed by atoms with van der Waals surface area (Å²) in [7, 11) is 3.10. The summed E-state index contributed by atoms with van der Waals surface area (Å²) in [6.07, 6.45) is -4.78. The maximum atomic E-state index is 17.6. The van der Waals surface area contributed by atoms with Crippen molar-refractivity contribution in [2.24, 2.45) is 0 Å². The van der Waals surface area contributed by atoms with Crippen LogP contribution in [0.2, 0.25) is 5.15 Å². The number of pyridine rings is 3. The van der Waals surface area contributed by atoms with Crippen LogP contribution in [-0.2, 0) is 24.0 Å². The maximum Gasteiger partial charge on any atom is 0.420 e. The van der Waals surface area contributed by atoms with E-state index in [-0.39, 0.29) is 47.6 Å². The van der Waals surface area contributed by atoms with Gasteiger partial charge in [-0.3, -0.25) is 4.90 Å². The highest BCUT2D eigenvalue weighted by Crippen LogP contribution is 2.50. The van der Waals surface area contributed by atoms with E-state index in [1.54, 1.807) is 62.1 Å². The van der Waals surface area contributed by atoms with Crippen LogP contribution in [0.4, 0.5) is 34.0 Å². The molecule has 0 spiro atoms. The molecule has 3 aromatic heterocycles. The minimum Gasteiger partial charge on any atom is -0.497 e. The molecular weight excluding hydrogens is 816 g/mol. The highest BCUT2D eigenvalue weighted by molar-refractivity contribution is 6.30. The number of anilines is 2. The van der Waals surface area contributed by atoms with Crippen molar-refractivity contribution in [3.63, 3.8) is 0 Å². The lowest BCUT2D eigenvalue weighted by Gasteiger charge is -2.48. The van der Waals surface area contributed by atoms with Crippen LogP contribution in [0.1, 0.15) is 68.5 Å². The number of rotatable bonds is 8. The zero-order valence-corrected chi connectivity index (χ0v) is 35.9. The van der Waals surface area contributed by atoms with Gasteiger partial charge in [0.15, 0.2) is 5.82 Å². The van der Waals surface area contributed by atoms with Crippen LogP contribution in [0.25, 0.3) is 22.0 Å². The van der Waals surface area contributed by atoms with Crippen molar-refractivity contribution < 1.29 is 41.3 Å². The molecule has 3 aliphatic heterocycles. The molecule has 0 aliphatic carbocycles. The summed E-state index contributed by atoms with van der Waals surface area (Å²) in [5, 5.41) is -0.582. The van der Waals surface area contributed by atoms with Gasteiger partial charge in [-0.05, 0) is 101 Å².